The molecule has 0 atom stereocenters. The normalized spacial score (nSPS) is 15.7. The van der Waals surface area contributed by atoms with Crippen molar-refractivity contribution in [1.29, 1.82) is 0 Å². The molecule has 0 unspecified atom stereocenters. The Labute approximate surface area is 123 Å². The molecule has 7 heteroatoms. The molecule has 2 N–H and O–H groups in total. The average Bonchev–Trinajstić information content (AvgIpc) is 2.47. The monoisotopic (exact) mass is 292 g/mol. The van der Waals surface area contributed by atoms with E-state index in [9.17, 15) is 14.9 Å². The highest BCUT2D eigenvalue weighted by Crippen LogP contribution is 2.22. The lowest BCUT2D eigenvalue weighted by atomic mass is 10.1. The molecule has 2 rings (SSSR count). The third-order valence-corrected chi connectivity index (χ3v) is 3.59. The Bertz CT molecular complexity index is 527. The molecule has 1 fully saturated rings. The zero-order valence-electron chi connectivity index (χ0n) is 12.1. The van der Waals surface area contributed by atoms with Crippen molar-refractivity contribution in [3.05, 3.63) is 39.4 Å². The quantitative estimate of drug-likeness (QED) is 0.611. The number of nitrogens with one attached hydrogen (secondary N) is 2. The van der Waals surface area contributed by atoms with E-state index in [-0.39, 0.29) is 17.2 Å². The zero-order valence-corrected chi connectivity index (χ0v) is 12.1. The molecule has 0 spiro atoms. The van der Waals surface area contributed by atoms with E-state index in [1.54, 1.807) is 19.1 Å². The standard InChI is InChI=1S/C14H20N4O3/c1-11-3-2-4-12(13(11)18(20)21)14(19)16-7-10-17-8-5-15-6-9-17/h2-4,15H,5-10H2,1H3,(H,16,19). The number of aryl methyl sites for hydroxylation is 1. The van der Waals surface area contributed by atoms with E-state index in [4.69, 9.17) is 0 Å². The molecule has 0 bridgehead atoms. The molecule has 0 radical (unpaired) electrons. The first-order chi connectivity index (χ1) is 10.1. The van der Waals surface area contributed by atoms with Gasteiger partial charge in [-0.25, -0.2) is 0 Å². The Morgan fingerprint density at radius 3 is 2.81 bits per heavy atom. The number of hydrogen-bond acceptors (Lipinski definition) is 5. The van der Waals surface area contributed by atoms with E-state index in [0.29, 0.717) is 12.1 Å². The van der Waals surface area contributed by atoms with Crippen LogP contribution in [0.15, 0.2) is 18.2 Å². The molecule has 0 saturated carbocycles. The summed E-state index contributed by atoms with van der Waals surface area (Å²) >= 11 is 0. The van der Waals surface area contributed by atoms with E-state index in [1.807, 2.05) is 0 Å². The van der Waals surface area contributed by atoms with E-state index in [1.165, 1.54) is 6.07 Å². The predicted molar refractivity (Wildman–Crippen MR) is 79.5 cm³/mol. The number of para-hydroxylation sites is 1. The van der Waals surface area contributed by atoms with Gasteiger partial charge in [0.1, 0.15) is 5.56 Å². The summed E-state index contributed by atoms with van der Waals surface area (Å²) in [6.07, 6.45) is 0. The minimum absolute atomic E-state index is 0.114. The van der Waals surface area contributed by atoms with Gasteiger partial charge in [-0.15, -0.1) is 0 Å². The van der Waals surface area contributed by atoms with Crippen LogP contribution in [0.4, 0.5) is 5.69 Å². The van der Waals surface area contributed by atoms with Crippen LogP contribution >= 0.6 is 0 Å². The Balaban J connectivity index is 1.94. The first-order valence-electron chi connectivity index (χ1n) is 7.05. The SMILES string of the molecule is Cc1cccc(C(=O)NCCN2CCNCC2)c1[N+](=O)[O-]. The highest BCUT2D eigenvalue weighted by molar-refractivity contribution is 5.98. The maximum Gasteiger partial charge on any atom is 0.285 e. The van der Waals surface area contributed by atoms with E-state index < -0.39 is 4.92 Å². The summed E-state index contributed by atoms with van der Waals surface area (Å²) in [6, 6.07) is 4.79. The number of nitro groups is 1. The van der Waals surface area contributed by atoms with Crippen molar-refractivity contribution in [1.82, 2.24) is 15.5 Å². The Kier molecular flexibility index (Phi) is 5.24. The zero-order chi connectivity index (χ0) is 15.2. The number of hydrogen-bond donors (Lipinski definition) is 2. The van der Waals surface area contributed by atoms with Gasteiger partial charge in [-0.1, -0.05) is 12.1 Å². The van der Waals surface area contributed by atoms with Crippen LogP contribution in [0.5, 0.6) is 0 Å². The molecule has 1 aliphatic rings. The van der Waals surface area contributed by atoms with Crippen molar-refractivity contribution < 1.29 is 9.72 Å². The third kappa shape index (κ3) is 3.99. The summed E-state index contributed by atoms with van der Waals surface area (Å²) < 4.78 is 0. The van der Waals surface area contributed by atoms with Crippen LogP contribution < -0.4 is 10.6 Å². The largest absolute Gasteiger partial charge is 0.351 e. The van der Waals surface area contributed by atoms with Gasteiger partial charge in [0.15, 0.2) is 0 Å². The van der Waals surface area contributed by atoms with Gasteiger partial charge in [-0.05, 0) is 13.0 Å². The smallest absolute Gasteiger partial charge is 0.285 e. The second kappa shape index (κ2) is 7.14. The van der Waals surface area contributed by atoms with Crippen LogP contribution in [0.3, 0.4) is 0 Å². The Morgan fingerprint density at radius 1 is 1.43 bits per heavy atom. The van der Waals surface area contributed by atoms with Crippen molar-refractivity contribution in [2.75, 3.05) is 39.3 Å². The number of benzene rings is 1. The van der Waals surface area contributed by atoms with Gasteiger partial charge in [-0.2, -0.15) is 0 Å². The van der Waals surface area contributed by atoms with Crippen LogP contribution in [0, 0.1) is 17.0 Å². The lowest BCUT2D eigenvalue weighted by molar-refractivity contribution is -0.385. The summed E-state index contributed by atoms with van der Waals surface area (Å²) in [5.41, 5.74) is 0.507. The van der Waals surface area contributed by atoms with Crippen molar-refractivity contribution in [2.24, 2.45) is 0 Å². The molecular weight excluding hydrogens is 272 g/mol. The molecular formula is C14H20N4O3. The van der Waals surface area contributed by atoms with Gasteiger partial charge in [0.05, 0.1) is 4.92 Å². The Hall–Kier alpha value is -1.99. The van der Waals surface area contributed by atoms with E-state index in [2.05, 4.69) is 15.5 Å². The third-order valence-electron chi connectivity index (χ3n) is 3.59. The lowest BCUT2D eigenvalue weighted by Crippen LogP contribution is -2.46. The van der Waals surface area contributed by atoms with Gasteiger partial charge >= 0.3 is 0 Å². The average molecular weight is 292 g/mol. The second-order valence-corrected chi connectivity index (χ2v) is 5.08. The molecule has 1 aromatic rings. The number of nitrogens with zero attached hydrogens (tertiary/aromatic N) is 2. The van der Waals surface area contributed by atoms with Gasteiger partial charge < -0.3 is 10.6 Å². The van der Waals surface area contributed by atoms with Gasteiger partial charge in [0.2, 0.25) is 0 Å². The van der Waals surface area contributed by atoms with Crippen molar-refractivity contribution in [2.45, 2.75) is 6.92 Å². The highest BCUT2D eigenvalue weighted by Gasteiger charge is 2.22. The highest BCUT2D eigenvalue weighted by atomic mass is 16.6. The number of rotatable bonds is 5. The first kappa shape index (κ1) is 15.4. The molecule has 1 heterocycles. The van der Waals surface area contributed by atoms with Crippen LogP contribution in [0.1, 0.15) is 15.9 Å². The molecule has 114 valence electrons. The molecule has 7 nitrogen and oxygen atoms in total. The van der Waals surface area contributed by atoms with Crippen molar-refractivity contribution >= 4 is 11.6 Å². The first-order valence-corrected chi connectivity index (χ1v) is 7.05. The maximum absolute atomic E-state index is 12.1. The summed E-state index contributed by atoms with van der Waals surface area (Å²) in [5.74, 6) is -0.388. The van der Waals surface area contributed by atoms with E-state index >= 15 is 0 Å². The van der Waals surface area contributed by atoms with E-state index in [0.717, 1.165) is 32.7 Å². The van der Waals surface area contributed by atoms with Gasteiger partial charge in [0.25, 0.3) is 11.6 Å². The van der Waals surface area contributed by atoms with Gasteiger partial charge in [0, 0.05) is 44.8 Å². The minimum atomic E-state index is -0.499. The number of carbonyl (C=O) groups is 1. The van der Waals surface area contributed by atoms with Gasteiger partial charge in [-0.3, -0.25) is 19.8 Å². The number of piperazine rings is 1. The molecule has 21 heavy (non-hydrogen) atoms. The van der Waals surface area contributed by atoms with Crippen LogP contribution in [-0.2, 0) is 0 Å². The maximum atomic E-state index is 12.1. The summed E-state index contributed by atoms with van der Waals surface area (Å²) in [5, 5.41) is 17.1. The molecule has 0 aliphatic carbocycles. The van der Waals surface area contributed by atoms with Crippen LogP contribution in [0.2, 0.25) is 0 Å². The summed E-state index contributed by atoms with van der Waals surface area (Å²) in [4.78, 5) is 24.9. The molecule has 0 aromatic heterocycles. The molecule has 1 aliphatic heterocycles. The fourth-order valence-corrected chi connectivity index (χ4v) is 2.44. The molecule has 1 saturated heterocycles. The van der Waals surface area contributed by atoms with Crippen molar-refractivity contribution in [3.63, 3.8) is 0 Å². The number of amides is 1. The number of nitro benzene ring substituents is 1. The summed E-state index contributed by atoms with van der Waals surface area (Å²) in [7, 11) is 0. The van der Waals surface area contributed by atoms with Crippen LogP contribution in [0.25, 0.3) is 0 Å². The second-order valence-electron chi connectivity index (χ2n) is 5.08. The predicted octanol–water partition coefficient (Wildman–Crippen LogP) is 0.538. The number of carbonyl (C=O) groups excluding carboxylic acids is 1. The fraction of sp³-hybridized carbons (Fsp3) is 0.500. The lowest BCUT2D eigenvalue weighted by Gasteiger charge is -2.27. The van der Waals surface area contributed by atoms with Crippen LogP contribution in [-0.4, -0.2) is 55.0 Å². The fourth-order valence-electron chi connectivity index (χ4n) is 2.44. The topological polar surface area (TPSA) is 87.5 Å². The minimum Gasteiger partial charge on any atom is -0.351 e. The molecule has 1 aromatic carbocycles. The van der Waals surface area contributed by atoms with Crippen molar-refractivity contribution in [3.8, 4) is 0 Å². The molecule has 1 amide bonds. The Morgan fingerprint density at radius 2 is 2.14 bits per heavy atom. The summed E-state index contributed by atoms with van der Waals surface area (Å²) in [6.45, 7) is 6.71.